The lowest BCUT2D eigenvalue weighted by molar-refractivity contribution is 0.480. The molecule has 0 aliphatic heterocycles. The SMILES string of the molecule is CP(c1ccccc1)c1c(O)ccc2ccccc12. The van der Waals surface area contributed by atoms with E-state index in [0.29, 0.717) is 5.75 Å². The molecule has 1 unspecified atom stereocenters. The number of rotatable bonds is 2. The molecule has 0 fully saturated rings. The fourth-order valence-corrected chi connectivity index (χ4v) is 4.24. The molecule has 1 N–H and O–H groups in total. The van der Waals surface area contributed by atoms with E-state index in [1.165, 1.54) is 10.7 Å². The van der Waals surface area contributed by atoms with Gasteiger partial charge in [0.2, 0.25) is 0 Å². The van der Waals surface area contributed by atoms with Gasteiger partial charge in [0.25, 0.3) is 0 Å². The van der Waals surface area contributed by atoms with Crippen molar-refractivity contribution >= 4 is 29.3 Å². The van der Waals surface area contributed by atoms with E-state index in [2.05, 4.69) is 43.1 Å². The van der Waals surface area contributed by atoms with E-state index in [9.17, 15) is 5.11 Å². The summed E-state index contributed by atoms with van der Waals surface area (Å²) in [5.41, 5.74) is 0. The van der Waals surface area contributed by atoms with Gasteiger partial charge in [-0.15, -0.1) is 0 Å². The quantitative estimate of drug-likeness (QED) is 0.702. The molecule has 0 radical (unpaired) electrons. The van der Waals surface area contributed by atoms with Crippen molar-refractivity contribution in [2.24, 2.45) is 0 Å². The third-order valence-electron chi connectivity index (χ3n) is 3.36. The molecule has 0 saturated carbocycles. The molecule has 3 aromatic rings. The lowest BCUT2D eigenvalue weighted by Crippen LogP contribution is -2.12. The van der Waals surface area contributed by atoms with Gasteiger partial charge in [-0.1, -0.05) is 60.7 Å². The lowest BCUT2D eigenvalue weighted by atomic mass is 10.1. The van der Waals surface area contributed by atoms with Crippen LogP contribution in [0.1, 0.15) is 0 Å². The summed E-state index contributed by atoms with van der Waals surface area (Å²) in [6.45, 7) is 2.20. The summed E-state index contributed by atoms with van der Waals surface area (Å²) in [5, 5.41) is 14.9. The highest BCUT2D eigenvalue weighted by atomic mass is 31.1. The third-order valence-corrected chi connectivity index (χ3v) is 5.57. The monoisotopic (exact) mass is 266 g/mol. The Morgan fingerprint density at radius 1 is 0.789 bits per heavy atom. The van der Waals surface area contributed by atoms with E-state index in [4.69, 9.17) is 0 Å². The molecule has 94 valence electrons. The zero-order chi connectivity index (χ0) is 13.2. The second kappa shape index (κ2) is 5.03. The molecule has 0 aliphatic rings. The summed E-state index contributed by atoms with van der Waals surface area (Å²) >= 11 is 0. The maximum atomic E-state index is 10.3. The van der Waals surface area contributed by atoms with E-state index in [0.717, 1.165) is 10.7 Å². The first kappa shape index (κ1) is 12.2. The predicted molar refractivity (Wildman–Crippen MR) is 84.2 cm³/mol. The fraction of sp³-hybridized carbons (Fsp3) is 0.0588. The van der Waals surface area contributed by atoms with Crippen molar-refractivity contribution in [3.8, 4) is 5.75 Å². The summed E-state index contributed by atoms with van der Waals surface area (Å²) in [7, 11) is -0.541. The van der Waals surface area contributed by atoms with Crippen LogP contribution in [0, 0.1) is 0 Å². The molecular formula is C17H15OP. The minimum Gasteiger partial charge on any atom is -0.507 e. The largest absolute Gasteiger partial charge is 0.507 e. The highest BCUT2D eigenvalue weighted by molar-refractivity contribution is 7.73. The van der Waals surface area contributed by atoms with Crippen LogP contribution in [0.2, 0.25) is 0 Å². The van der Waals surface area contributed by atoms with Crippen LogP contribution in [-0.4, -0.2) is 11.8 Å². The van der Waals surface area contributed by atoms with Crippen molar-refractivity contribution < 1.29 is 5.11 Å². The first-order valence-corrected chi connectivity index (χ1v) is 8.06. The highest BCUT2D eigenvalue weighted by Gasteiger charge is 2.15. The van der Waals surface area contributed by atoms with Gasteiger partial charge >= 0.3 is 0 Å². The molecule has 19 heavy (non-hydrogen) atoms. The van der Waals surface area contributed by atoms with Crippen molar-refractivity contribution in [1.29, 1.82) is 0 Å². The summed E-state index contributed by atoms with van der Waals surface area (Å²) in [6, 6.07) is 22.4. The van der Waals surface area contributed by atoms with Crippen LogP contribution in [-0.2, 0) is 0 Å². The molecule has 0 spiro atoms. The number of phenolic OH excluding ortho intramolecular Hbond substituents is 1. The molecule has 0 aliphatic carbocycles. The highest BCUT2D eigenvalue weighted by Crippen LogP contribution is 2.36. The maximum absolute atomic E-state index is 10.3. The predicted octanol–water partition coefficient (Wildman–Crippen LogP) is 3.61. The first-order valence-electron chi connectivity index (χ1n) is 6.27. The summed E-state index contributed by atoms with van der Waals surface area (Å²) in [4.78, 5) is 0. The first-order chi connectivity index (χ1) is 9.27. The molecule has 0 amide bonds. The summed E-state index contributed by atoms with van der Waals surface area (Å²) in [6.07, 6.45) is 0. The van der Waals surface area contributed by atoms with Crippen molar-refractivity contribution in [2.45, 2.75) is 0 Å². The molecule has 1 atom stereocenters. The number of benzene rings is 3. The van der Waals surface area contributed by atoms with Crippen LogP contribution in [0.15, 0.2) is 66.7 Å². The Balaban J connectivity index is 2.22. The number of hydrogen-bond donors (Lipinski definition) is 1. The van der Waals surface area contributed by atoms with Gasteiger partial charge in [0.05, 0.1) is 0 Å². The fourth-order valence-electron chi connectivity index (χ4n) is 2.38. The maximum Gasteiger partial charge on any atom is 0.124 e. The van der Waals surface area contributed by atoms with Gasteiger partial charge in [0.15, 0.2) is 0 Å². The second-order valence-electron chi connectivity index (χ2n) is 4.55. The number of aromatic hydroxyl groups is 1. The Bertz CT molecular complexity index is 707. The van der Waals surface area contributed by atoms with Crippen LogP contribution in [0.25, 0.3) is 10.8 Å². The van der Waals surface area contributed by atoms with E-state index < -0.39 is 7.92 Å². The average molecular weight is 266 g/mol. The molecule has 2 heteroatoms. The average Bonchev–Trinajstić information content (AvgIpc) is 2.47. The van der Waals surface area contributed by atoms with Gasteiger partial charge in [0.1, 0.15) is 5.75 Å². The molecule has 3 rings (SSSR count). The van der Waals surface area contributed by atoms with Crippen LogP contribution < -0.4 is 10.6 Å². The molecule has 3 aromatic carbocycles. The molecule has 0 bridgehead atoms. The Morgan fingerprint density at radius 2 is 1.47 bits per heavy atom. The van der Waals surface area contributed by atoms with Gasteiger partial charge in [-0.2, -0.15) is 0 Å². The van der Waals surface area contributed by atoms with Crippen LogP contribution in [0.4, 0.5) is 0 Å². The third kappa shape index (κ3) is 2.22. The topological polar surface area (TPSA) is 20.2 Å². The van der Waals surface area contributed by atoms with Crippen LogP contribution in [0.3, 0.4) is 0 Å². The number of fused-ring (bicyclic) bond motifs is 1. The van der Waals surface area contributed by atoms with E-state index in [1.54, 1.807) is 6.07 Å². The van der Waals surface area contributed by atoms with Gasteiger partial charge in [-0.05, 0) is 36.7 Å². The smallest absolute Gasteiger partial charge is 0.124 e. The van der Waals surface area contributed by atoms with Gasteiger partial charge in [0, 0.05) is 5.30 Å². The minimum atomic E-state index is -0.541. The lowest BCUT2D eigenvalue weighted by Gasteiger charge is -2.17. The molecule has 0 heterocycles. The van der Waals surface area contributed by atoms with E-state index in [-0.39, 0.29) is 0 Å². The molecular weight excluding hydrogens is 251 g/mol. The normalized spacial score (nSPS) is 12.5. The Labute approximate surface area is 114 Å². The van der Waals surface area contributed by atoms with Gasteiger partial charge in [-0.25, -0.2) is 0 Å². The van der Waals surface area contributed by atoms with Crippen molar-refractivity contribution in [3.63, 3.8) is 0 Å². The Hall–Kier alpha value is -1.85. The second-order valence-corrected chi connectivity index (χ2v) is 6.63. The van der Waals surface area contributed by atoms with Crippen molar-refractivity contribution in [3.05, 3.63) is 66.7 Å². The van der Waals surface area contributed by atoms with Crippen molar-refractivity contribution in [2.75, 3.05) is 6.66 Å². The van der Waals surface area contributed by atoms with Gasteiger partial charge < -0.3 is 5.11 Å². The standard InChI is InChI=1S/C17H15OP/c1-19(14-8-3-2-4-9-14)17-15-10-6-5-7-13(15)11-12-16(17)18/h2-12,18H,1H3. The molecule has 0 saturated heterocycles. The molecule has 0 aromatic heterocycles. The zero-order valence-corrected chi connectivity index (χ0v) is 11.6. The van der Waals surface area contributed by atoms with Crippen molar-refractivity contribution in [1.82, 2.24) is 0 Å². The molecule has 1 nitrogen and oxygen atoms in total. The number of hydrogen-bond acceptors (Lipinski definition) is 1. The Kier molecular flexibility index (Phi) is 3.23. The summed E-state index contributed by atoms with van der Waals surface area (Å²) in [5.74, 6) is 0.399. The number of phenols is 1. The minimum absolute atomic E-state index is 0.399. The van der Waals surface area contributed by atoms with E-state index >= 15 is 0 Å². The zero-order valence-electron chi connectivity index (χ0n) is 10.7. The van der Waals surface area contributed by atoms with E-state index in [1.807, 2.05) is 24.3 Å². The summed E-state index contributed by atoms with van der Waals surface area (Å²) < 4.78 is 0. The Morgan fingerprint density at radius 3 is 2.26 bits per heavy atom. The van der Waals surface area contributed by atoms with Crippen LogP contribution in [0.5, 0.6) is 5.75 Å². The van der Waals surface area contributed by atoms with Crippen LogP contribution >= 0.6 is 7.92 Å². The van der Waals surface area contributed by atoms with Gasteiger partial charge in [-0.3, -0.25) is 0 Å².